The van der Waals surface area contributed by atoms with Crippen LogP contribution in [-0.4, -0.2) is 22.8 Å². The summed E-state index contributed by atoms with van der Waals surface area (Å²) < 4.78 is 5.17. The monoisotopic (exact) mass is 240 g/mol. The van der Waals surface area contributed by atoms with Gasteiger partial charge >= 0.3 is 0 Å². The van der Waals surface area contributed by atoms with Gasteiger partial charge in [0.25, 0.3) is 0 Å². The molecule has 1 aromatic rings. The molecule has 0 saturated heterocycles. The zero-order valence-corrected chi connectivity index (χ0v) is 10.3. The first-order valence-corrected chi connectivity index (χ1v) is 5.53. The van der Waals surface area contributed by atoms with E-state index in [9.17, 15) is 4.79 Å². The normalized spacial score (nSPS) is 12.1. The van der Waals surface area contributed by atoms with Gasteiger partial charge in [0.2, 0.25) is 5.91 Å². The summed E-state index contributed by atoms with van der Waals surface area (Å²) in [6.45, 7) is 2.33. The number of amides is 1. The van der Waals surface area contributed by atoms with Crippen LogP contribution in [0.1, 0.15) is 19.1 Å². The molecule has 0 radical (unpaired) electrons. The van der Waals surface area contributed by atoms with E-state index >= 15 is 0 Å². The standard InChI is InChI=1S/C11H16N2O2S/c1-3-9(10(12)16)11(14)13(2)7-8-5-4-6-15-8/h4-6,9H,3,7H2,1-2H3,(H2,12,16). The Hall–Kier alpha value is -1.36. The number of carbonyl (C=O) groups excluding carboxylic acids is 1. The van der Waals surface area contributed by atoms with E-state index in [-0.39, 0.29) is 16.8 Å². The van der Waals surface area contributed by atoms with Crippen LogP contribution in [0.15, 0.2) is 22.8 Å². The molecule has 0 aliphatic heterocycles. The molecule has 2 N–H and O–H groups in total. The van der Waals surface area contributed by atoms with Gasteiger partial charge < -0.3 is 15.1 Å². The van der Waals surface area contributed by atoms with Gasteiger partial charge in [-0.2, -0.15) is 0 Å². The van der Waals surface area contributed by atoms with E-state index in [1.165, 1.54) is 0 Å². The number of hydrogen-bond acceptors (Lipinski definition) is 3. The third-order valence-electron chi connectivity index (χ3n) is 2.40. The Morgan fingerprint density at radius 2 is 2.38 bits per heavy atom. The first-order valence-electron chi connectivity index (χ1n) is 5.13. The van der Waals surface area contributed by atoms with Crippen LogP contribution >= 0.6 is 12.2 Å². The molecule has 1 heterocycles. The van der Waals surface area contributed by atoms with E-state index in [2.05, 4.69) is 0 Å². The lowest BCUT2D eigenvalue weighted by atomic mass is 10.1. The minimum absolute atomic E-state index is 0.0635. The Kier molecular flexibility index (Phi) is 4.49. The van der Waals surface area contributed by atoms with E-state index < -0.39 is 0 Å². The predicted octanol–water partition coefficient (Wildman–Crippen LogP) is 1.55. The van der Waals surface area contributed by atoms with Gasteiger partial charge in [-0.05, 0) is 18.6 Å². The maximum absolute atomic E-state index is 12.0. The summed E-state index contributed by atoms with van der Waals surface area (Å²) in [6, 6.07) is 3.62. The van der Waals surface area contributed by atoms with Gasteiger partial charge in [-0.1, -0.05) is 19.1 Å². The fourth-order valence-corrected chi connectivity index (χ4v) is 1.75. The minimum atomic E-state index is -0.380. The number of rotatable bonds is 5. The second-order valence-electron chi connectivity index (χ2n) is 3.64. The van der Waals surface area contributed by atoms with Gasteiger partial charge in [0.15, 0.2) is 0 Å². The Labute approximate surface area is 100 Å². The Morgan fingerprint density at radius 3 is 2.81 bits per heavy atom. The zero-order chi connectivity index (χ0) is 12.1. The average molecular weight is 240 g/mol. The molecule has 1 aromatic heterocycles. The molecule has 0 aliphatic carbocycles. The predicted molar refractivity (Wildman–Crippen MR) is 65.7 cm³/mol. The highest BCUT2D eigenvalue weighted by atomic mass is 32.1. The molecule has 16 heavy (non-hydrogen) atoms. The summed E-state index contributed by atoms with van der Waals surface area (Å²) in [5.41, 5.74) is 5.52. The molecule has 0 saturated carbocycles. The van der Waals surface area contributed by atoms with Crippen LogP contribution in [-0.2, 0) is 11.3 Å². The van der Waals surface area contributed by atoms with E-state index in [4.69, 9.17) is 22.4 Å². The average Bonchev–Trinajstić information content (AvgIpc) is 2.70. The van der Waals surface area contributed by atoms with Gasteiger partial charge in [0.1, 0.15) is 5.76 Å². The highest BCUT2D eigenvalue weighted by Crippen LogP contribution is 2.11. The van der Waals surface area contributed by atoms with Crippen LogP contribution in [0.4, 0.5) is 0 Å². The molecule has 0 fully saturated rings. The number of hydrogen-bond donors (Lipinski definition) is 1. The number of nitrogens with two attached hydrogens (primary N) is 1. The van der Waals surface area contributed by atoms with Crippen LogP contribution in [0.25, 0.3) is 0 Å². The van der Waals surface area contributed by atoms with Gasteiger partial charge in [-0.25, -0.2) is 0 Å². The Bertz CT molecular complexity index is 362. The Morgan fingerprint density at radius 1 is 1.69 bits per heavy atom. The molecule has 0 spiro atoms. The second kappa shape index (κ2) is 5.65. The minimum Gasteiger partial charge on any atom is -0.467 e. The maximum atomic E-state index is 12.0. The molecule has 88 valence electrons. The van der Waals surface area contributed by atoms with Crippen LogP contribution < -0.4 is 5.73 Å². The van der Waals surface area contributed by atoms with Crippen molar-refractivity contribution in [1.82, 2.24) is 4.90 Å². The van der Waals surface area contributed by atoms with Crippen molar-refractivity contribution in [1.29, 1.82) is 0 Å². The molecule has 5 heteroatoms. The van der Waals surface area contributed by atoms with Crippen molar-refractivity contribution < 1.29 is 9.21 Å². The smallest absolute Gasteiger partial charge is 0.232 e. The molecule has 0 bridgehead atoms. The lowest BCUT2D eigenvalue weighted by Gasteiger charge is -2.21. The zero-order valence-electron chi connectivity index (χ0n) is 9.47. The summed E-state index contributed by atoms with van der Waals surface area (Å²) in [4.78, 5) is 13.8. The molecular weight excluding hydrogens is 224 g/mol. The Balaban J connectivity index is 2.62. The van der Waals surface area contributed by atoms with Gasteiger partial charge in [0, 0.05) is 7.05 Å². The number of thiocarbonyl (C=S) groups is 1. The molecule has 1 atom stereocenters. The van der Waals surface area contributed by atoms with Crippen LogP contribution in [0.5, 0.6) is 0 Å². The van der Waals surface area contributed by atoms with Crippen molar-refractivity contribution in [3.63, 3.8) is 0 Å². The topological polar surface area (TPSA) is 59.5 Å². The maximum Gasteiger partial charge on any atom is 0.232 e. The molecule has 0 aromatic carbocycles. The van der Waals surface area contributed by atoms with Crippen molar-refractivity contribution in [2.75, 3.05) is 7.05 Å². The van der Waals surface area contributed by atoms with Gasteiger partial charge in [0.05, 0.1) is 23.7 Å². The summed E-state index contributed by atoms with van der Waals surface area (Å²) in [5.74, 6) is 0.301. The van der Waals surface area contributed by atoms with E-state index in [1.807, 2.05) is 13.0 Å². The second-order valence-corrected chi connectivity index (χ2v) is 4.11. The summed E-state index contributed by atoms with van der Waals surface area (Å²) in [7, 11) is 1.71. The van der Waals surface area contributed by atoms with Crippen molar-refractivity contribution >= 4 is 23.1 Å². The molecule has 1 rings (SSSR count). The summed E-state index contributed by atoms with van der Waals surface area (Å²) >= 11 is 4.87. The highest BCUT2D eigenvalue weighted by Gasteiger charge is 2.23. The largest absolute Gasteiger partial charge is 0.467 e. The van der Waals surface area contributed by atoms with E-state index in [0.717, 1.165) is 5.76 Å². The van der Waals surface area contributed by atoms with E-state index in [0.29, 0.717) is 13.0 Å². The first-order chi connectivity index (χ1) is 7.56. The third-order valence-corrected chi connectivity index (χ3v) is 2.68. The SMILES string of the molecule is CCC(C(=O)N(C)Cc1ccco1)C(N)=S. The lowest BCUT2D eigenvalue weighted by Crippen LogP contribution is -2.38. The third kappa shape index (κ3) is 3.06. The summed E-state index contributed by atoms with van der Waals surface area (Å²) in [6.07, 6.45) is 2.20. The van der Waals surface area contributed by atoms with Crippen LogP contribution in [0, 0.1) is 5.92 Å². The van der Waals surface area contributed by atoms with Crippen molar-refractivity contribution in [3.8, 4) is 0 Å². The molecule has 4 nitrogen and oxygen atoms in total. The fraction of sp³-hybridized carbons (Fsp3) is 0.455. The molecule has 1 amide bonds. The molecule has 0 aliphatic rings. The first kappa shape index (κ1) is 12.7. The lowest BCUT2D eigenvalue weighted by molar-refractivity contribution is -0.132. The molecular formula is C11H16N2O2S. The number of furan rings is 1. The van der Waals surface area contributed by atoms with E-state index in [1.54, 1.807) is 24.3 Å². The number of carbonyl (C=O) groups is 1. The van der Waals surface area contributed by atoms with Crippen LogP contribution in [0.2, 0.25) is 0 Å². The van der Waals surface area contributed by atoms with Crippen molar-refractivity contribution in [2.45, 2.75) is 19.9 Å². The highest BCUT2D eigenvalue weighted by molar-refractivity contribution is 7.80. The quantitative estimate of drug-likeness (QED) is 0.793. The number of nitrogens with zero attached hydrogens (tertiary/aromatic N) is 1. The molecule has 1 unspecified atom stereocenters. The van der Waals surface area contributed by atoms with Gasteiger partial charge in [-0.3, -0.25) is 4.79 Å². The summed E-state index contributed by atoms with van der Waals surface area (Å²) in [5, 5.41) is 0. The van der Waals surface area contributed by atoms with Crippen molar-refractivity contribution in [2.24, 2.45) is 11.7 Å². The fourth-order valence-electron chi connectivity index (χ4n) is 1.48. The van der Waals surface area contributed by atoms with Gasteiger partial charge in [-0.15, -0.1) is 0 Å². The van der Waals surface area contributed by atoms with Crippen LogP contribution in [0.3, 0.4) is 0 Å². The van der Waals surface area contributed by atoms with Crippen molar-refractivity contribution in [3.05, 3.63) is 24.2 Å².